The molecule has 6 heteroatoms. The van der Waals surface area contributed by atoms with E-state index < -0.39 is 11.4 Å². The Bertz CT molecular complexity index is 460. The molecule has 18 heavy (non-hydrogen) atoms. The van der Waals surface area contributed by atoms with Gasteiger partial charge in [-0.25, -0.2) is 4.98 Å². The summed E-state index contributed by atoms with van der Waals surface area (Å²) in [7, 11) is 1.87. The minimum absolute atomic E-state index is 0.562. The van der Waals surface area contributed by atoms with Gasteiger partial charge in [-0.15, -0.1) is 0 Å². The molecule has 0 spiro atoms. The lowest BCUT2D eigenvalue weighted by Gasteiger charge is -2.37. The SMILES string of the molecule is Cn1c(Cl)cnc1CN1CCCC(C)(C(=O)O)C1. The van der Waals surface area contributed by atoms with Crippen molar-refractivity contribution < 1.29 is 9.90 Å². The molecule has 5 nitrogen and oxygen atoms in total. The minimum atomic E-state index is -0.718. The molecule has 1 aromatic heterocycles. The molecule has 1 fully saturated rings. The monoisotopic (exact) mass is 271 g/mol. The molecule has 0 bridgehead atoms. The Morgan fingerprint density at radius 1 is 1.67 bits per heavy atom. The van der Waals surface area contributed by atoms with Gasteiger partial charge in [0.25, 0.3) is 0 Å². The molecule has 0 saturated carbocycles. The molecule has 1 saturated heterocycles. The molecule has 1 aromatic rings. The van der Waals surface area contributed by atoms with Crippen LogP contribution < -0.4 is 0 Å². The number of carboxylic acids is 1. The number of hydrogen-bond donors (Lipinski definition) is 1. The van der Waals surface area contributed by atoms with Crippen molar-refractivity contribution >= 4 is 17.6 Å². The zero-order chi connectivity index (χ0) is 13.3. The fraction of sp³-hybridized carbons (Fsp3) is 0.667. The first-order chi connectivity index (χ1) is 8.42. The second-order valence-corrected chi connectivity index (χ2v) is 5.62. The van der Waals surface area contributed by atoms with Crippen molar-refractivity contribution in [2.45, 2.75) is 26.3 Å². The maximum atomic E-state index is 11.3. The van der Waals surface area contributed by atoms with Crippen molar-refractivity contribution in [2.24, 2.45) is 12.5 Å². The molecule has 0 aromatic carbocycles. The van der Waals surface area contributed by atoms with Gasteiger partial charge in [-0.3, -0.25) is 9.69 Å². The van der Waals surface area contributed by atoms with Crippen molar-refractivity contribution in [2.75, 3.05) is 13.1 Å². The number of piperidine rings is 1. The fourth-order valence-electron chi connectivity index (χ4n) is 2.43. The van der Waals surface area contributed by atoms with Gasteiger partial charge in [0.1, 0.15) is 11.0 Å². The average Bonchev–Trinajstić information content (AvgIpc) is 2.61. The molecule has 1 atom stereocenters. The van der Waals surface area contributed by atoms with Crippen LogP contribution in [0.4, 0.5) is 0 Å². The van der Waals surface area contributed by atoms with Gasteiger partial charge in [0, 0.05) is 13.6 Å². The van der Waals surface area contributed by atoms with E-state index in [1.807, 2.05) is 18.5 Å². The number of aliphatic carboxylic acids is 1. The third-order valence-electron chi connectivity index (χ3n) is 3.68. The first-order valence-electron chi connectivity index (χ1n) is 6.04. The predicted molar refractivity (Wildman–Crippen MR) is 68.5 cm³/mol. The van der Waals surface area contributed by atoms with Gasteiger partial charge in [-0.05, 0) is 26.3 Å². The molecule has 1 N–H and O–H groups in total. The summed E-state index contributed by atoms with van der Waals surface area (Å²) in [6, 6.07) is 0. The second-order valence-electron chi connectivity index (χ2n) is 5.24. The number of carbonyl (C=O) groups is 1. The lowest BCUT2D eigenvalue weighted by Crippen LogP contribution is -2.45. The summed E-state index contributed by atoms with van der Waals surface area (Å²) in [5.41, 5.74) is -0.646. The molecule has 1 unspecified atom stereocenters. The number of halogens is 1. The van der Waals surface area contributed by atoms with E-state index >= 15 is 0 Å². The molecule has 2 rings (SSSR count). The van der Waals surface area contributed by atoms with E-state index in [1.54, 1.807) is 6.20 Å². The first kappa shape index (κ1) is 13.4. The van der Waals surface area contributed by atoms with Crippen molar-refractivity contribution in [3.05, 3.63) is 17.2 Å². The van der Waals surface area contributed by atoms with Crippen molar-refractivity contribution in [1.82, 2.24) is 14.5 Å². The Kier molecular flexibility index (Phi) is 3.64. The molecular weight excluding hydrogens is 254 g/mol. The Hall–Kier alpha value is -1.07. The van der Waals surface area contributed by atoms with Crippen LogP contribution in [0.2, 0.25) is 5.15 Å². The summed E-state index contributed by atoms with van der Waals surface area (Å²) in [6.45, 7) is 3.93. The maximum absolute atomic E-state index is 11.3. The van der Waals surface area contributed by atoms with E-state index in [9.17, 15) is 9.90 Å². The van der Waals surface area contributed by atoms with Gasteiger partial charge in [-0.2, -0.15) is 0 Å². The quantitative estimate of drug-likeness (QED) is 0.910. The highest BCUT2D eigenvalue weighted by atomic mass is 35.5. The smallest absolute Gasteiger partial charge is 0.310 e. The molecular formula is C12H18ClN3O2. The van der Waals surface area contributed by atoms with Crippen LogP contribution in [0.1, 0.15) is 25.6 Å². The molecule has 1 aliphatic heterocycles. The van der Waals surface area contributed by atoms with Gasteiger partial charge in [0.05, 0.1) is 18.2 Å². The molecule has 2 heterocycles. The van der Waals surface area contributed by atoms with Gasteiger partial charge in [-0.1, -0.05) is 11.6 Å². The van der Waals surface area contributed by atoms with Crippen LogP contribution in [0, 0.1) is 5.41 Å². The largest absolute Gasteiger partial charge is 0.481 e. The molecule has 0 radical (unpaired) electrons. The van der Waals surface area contributed by atoms with E-state index in [0.29, 0.717) is 18.2 Å². The number of likely N-dealkylation sites (tertiary alicyclic amines) is 1. The Morgan fingerprint density at radius 2 is 2.39 bits per heavy atom. The lowest BCUT2D eigenvalue weighted by atomic mass is 9.82. The first-order valence-corrected chi connectivity index (χ1v) is 6.42. The fourth-order valence-corrected chi connectivity index (χ4v) is 2.57. The van der Waals surface area contributed by atoms with Crippen LogP contribution in [0.25, 0.3) is 0 Å². The minimum Gasteiger partial charge on any atom is -0.481 e. The van der Waals surface area contributed by atoms with Crippen molar-refractivity contribution in [3.8, 4) is 0 Å². The second kappa shape index (κ2) is 4.90. The average molecular weight is 272 g/mol. The number of nitrogens with zero attached hydrogens (tertiary/aromatic N) is 3. The number of hydrogen-bond acceptors (Lipinski definition) is 3. The van der Waals surface area contributed by atoms with E-state index in [2.05, 4.69) is 9.88 Å². The normalized spacial score (nSPS) is 25.3. The zero-order valence-electron chi connectivity index (χ0n) is 10.7. The summed E-state index contributed by atoms with van der Waals surface area (Å²) < 4.78 is 1.83. The van der Waals surface area contributed by atoms with Crippen LogP contribution in [0.15, 0.2) is 6.20 Å². The van der Waals surface area contributed by atoms with Crippen molar-refractivity contribution in [3.63, 3.8) is 0 Å². The standard InChI is InChI=1S/C12H18ClN3O2/c1-12(11(17)18)4-3-5-16(8-12)7-10-14-6-9(13)15(10)2/h6H,3-5,7-8H2,1-2H3,(H,17,18). The summed E-state index contributed by atoms with van der Waals surface area (Å²) in [4.78, 5) is 17.7. The van der Waals surface area contributed by atoms with Gasteiger partial charge >= 0.3 is 5.97 Å². The number of imidazole rings is 1. The lowest BCUT2D eigenvalue weighted by molar-refractivity contribution is -0.151. The highest BCUT2D eigenvalue weighted by Crippen LogP contribution is 2.30. The number of aromatic nitrogens is 2. The van der Waals surface area contributed by atoms with Crippen molar-refractivity contribution in [1.29, 1.82) is 0 Å². The van der Waals surface area contributed by atoms with Crippen LogP contribution in [0.3, 0.4) is 0 Å². The molecule has 1 aliphatic rings. The van der Waals surface area contributed by atoms with E-state index in [-0.39, 0.29) is 0 Å². The van der Waals surface area contributed by atoms with E-state index in [4.69, 9.17) is 11.6 Å². The molecule has 0 amide bonds. The zero-order valence-corrected chi connectivity index (χ0v) is 11.4. The molecule has 100 valence electrons. The van der Waals surface area contributed by atoms with Gasteiger partial charge in [0.2, 0.25) is 0 Å². The number of rotatable bonds is 3. The highest BCUT2D eigenvalue weighted by molar-refractivity contribution is 6.29. The van der Waals surface area contributed by atoms with Gasteiger partial charge in [0.15, 0.2) is 0 Å². The Morgan fingerprint density at radius 3 is 2.94 bits per heavy atom. The molecule has 0 aliphatic carbocycles. The third-order valence-corrected chi connectivity index (χ3v) is 4.04. The highest BCUT2D eigenvalue weighted by Gasteiger charge is 2.37. The number of carboxylic acid groups (broad SMARTS) is 1. The Labute approximate surface area is 111 Å². The van der Waals surface area contributed by atoms with Gasteiger partial charge < -0.3 is 9.67 Å². The van der Waals surface area contributed by atoms with Crippen LogP contribution in [-0.4, -0.2) is 38.6 Å². The third kappa shape index (κ3) is 2.52. The summed E-state index contributed by atoms with van der Waals surface area (Å²) in [5.74, 6) is 0.153. The Balaban J connectivity index is 2.06. The van der Waals surface area contributed by atoms with E-state index in [1.165, 1.54) is 0 Å². The summed E-state index contributed by atoms with van der Waals surface area (Å²) in [6.07, 6.45) is 3.26. The predicted octanol–water partition coefficient (Wildman–Crippen LogP) is 1.76. The maximum Gasteiger partial charge on any atom is 0.310 e. The van der Waals surface area contributed by atoms with E-state index in [0.717, 1.165) is 25.2 Å². The van der Waals surface area contributed by atoms with Crippen LogP contribution >= 0.6 is 11.6 Å². The topological polar surface area (TPSA) is 58.4 Å². The van der Waals surface area contributed by atoms with Crippen LogP contribution in [-0.2, 0) is 18.4 Å². The summed E-state index contributed by atoms with van der Waals surface area (Å²) in [5, 5.41) is 9.87. The summed E-state index contributed by atoms with van der Waals surface area (Å²) >= 11 is 5.94. The van der Waals surface area contributed by atoms with Crippen LogP contribution in [0.5, 0.6) is 0 Å².